The first kappa shape index (κ1) is 17.7. The van der Waals surface area contributed by atoms with Crippen LogP contribution in [0, 0.1) is 5.92 Å². The van der Waals surface area contributed by atoms with E-state index in [1.54, 1.807) is 6.07 Å². The van der Waals surface area contributed by atoms with Crippen molar-refractivity contribution in [2.24, 2.45) is 5.92 Å². The molecular weight excluding hydrogens is 333 g/mol. The van der Waals surface area contributed by atoms with Crippen LogP contribution in [-0.4, -0.2) is 17.4 Å². The minimum atomic E-state index is -0.150. The van der Waals surface area contributed by atoms with Crippen molar-refractivity contribution in [3.05, 3.63) is 58.2 Å². The van der Waals surface area contributed by atoms with E-state index in [9.17, 15) is 4.79 Å². The third kappa shape index (κ3) is 5.20. The van der Waals surface area contributed by atoms with Crippen molar-refractivity contribution in [2.45, 2.75) is 19.9 Å². The maximum absolute atomic E-state index is 12.1. The molecule has 0 aliphatic carbocycles. The number of pyridine rings is 1. The first-order valence-electron chi connectivity index (χ1n) is 7.46. The Morgan fingerprint density at radius 2 is 1.96 bits per heavy atom. The minimum absolute atomic E-state index is 0.150. The van der Waals surface area contributed by atoms with Gasteiger partial charge in [0.05, 0.1) is 10.0 Å². The SMILES string of the molecule is CC(C)[C@H]([NH2+]CC(=O)Nc1ncc(Cl)cc1Cl)c1ccccc1. The second-order valence-electron chi connectivity index (χ2n) is 5.65. The van der Waals surface area contributed by atoms with Gasteiger partial charge in [-0.2, -0.15) is 0 Å². The number of hydrogen-bond donors (Lipinski definition) is 2. The van der Waals surface area contributed by atoms with Gasteiger partial charge in [0.1, 0.15) is 6.04 Å². The number of anilines is 1. The number of hydrogen-bond acceptors (Lipinski definition) is 2. The van der Waals surface area contributed by atoms with Gasteiger partial charge in [0.2, 0.25) is 0 Å². The summed E-state index contributed by atoms with van der Waals surface area (Å²) in [6, 6.07) is 11.9. The second-order valence-corrected chi connectivity index (χ2v) is 6.50. The van der Waals surface area contributed by atoms with Gasteiger partial charge in [0.25, 0.3) is 5.91 Å². The Bertz CT molecular complexity index is 662. The molecule has 0 bridgehead atoms. The number of nitrogens with zero attached hydrogens (tertiary/aromatic N) is 1. The molecule has 2 aromatic rings. The second kappa shape index (κ2) is 8.29. The van der Waals surface area contributed by atoms with E-state index in [1.165, 1.54) is 11.8 Å². The van der Waals surface area contributed by atoms with Gasteiger partial charge < -0.3 is 10.6 Å². The van der Waals surface area contributed by atoms with E-state index in [4.69, 9.17) is 23.2 Å². The van der Waals surface area contributed by atoms with E-state index < -0.39 is 0 Å². The number of nitrogens with two attached hydrogens (primary N) is 1. The van der Waals surface area contributed by atoms with Gasteiger partial charge in [-0.3, -0.25) is 4.79 Å². The van der Waals surface area contributed by atoms with Gasteiger partial charge in [-0.05, 0) is 6.07 Å². The number of halogens is 2. The number of quaternary nitrogens is 1. The molecule has 0 spiro atoms. The smallest absolute Gasteiger partial charge is 0.280 e. The van der Waals surface area contributed by atoms with Crippen molar-refractivity contribution >= 4 is 34.9 Å². The van der Waals surface area contributed by atoms with Gasteiger partial charge in [-0.15, -0.1) is 0 Å². The monoisotopic (exact) mass is 352 g/mol. The summed E-state index contributed by atoms with van der Waals surface area (Å²) in [7, 11) is 0. The first-order valence-corrected chi connectivity index (χ1v) is 8.22. The van der Waals surface area contributed by atoms with Crippen LogP contribution in [0.4, 0.5) is 5.82 Å². The van der Waals surface area contributed by atoms with E-state index in [1.807, 2.05) is 23.5 Å². The molecule has 0 unspecified atom stereocenters. The summed E-state index contributed by atoms with van der Waals surface area (Å²) in [5.41, 5.74) is 1.21. The Hall–Kier alpha value is -1.62. The van der Waals surface area contributed by atoms with Crippen molar-refractivity contribution in [3.8, 4) is 0 Å². The van der Waals surface area contributed by atoms with Gasteiger partial charge >= 0.3 is 0 Å². The van der Waals surface area contributed by atoms with Crippen LogP contribution in [0.5, 0.6) is 0 Å². The normalized spacial score (nSPS) is 12.2. The fraction of sp³-hybridized carbons (Fsp3) is 0.294. The van der Waals surface area contributed by atoms with Gasteiger partial charge in [0, 0.05) is 17.7 Å². The average Bonchev–Trinajstić information content (AvgIpc) is 2.51. The molecule has 0 saturated heterocycles. The lowest BCUT2D eigenvalue weighted by molar-refractivity contribution is -0.692. The number of aromatic nitrogens is 1. The third-order valence-corrected chi connectivity index (χ3v) is 4.02. The van der Waals surface area contributed by atoms with Gasteiger partial charge in [0.15, 0.2) is 12.4 Å². The average molecular weight is 353 g/mol. The summed E-state index contributed by atoms with van der Waals surface area (Å²) in [5.74, 6) is 0.584. The zero-order valence-corrected chi connectivity index (χ0v) is 14.6. The number of carbonyl (C=O) groups is 1. The molecule has 1 aromatic carbocycles. The fourth-order valence-electron chi connectivity index (χ4n) is 2.39. The van der Waals surface area contributed by atoms with Crippen LogP contribution >= 0.6 is 23.2 Å². The fourth-order valence-corrected chi connectivity index (χ4v) is 2.82. The van der Waals surface area contributed by atoms with E-state index in [0.29, 0.717) is 28.3 Å². The summed E-state index contributed by atoms with van der Waals surface area (Å²) in [4.78, 5) is 16.2. The van der Waals surface area contributed by atoms with Crippen LogP contribution in [-0.2, 0) is 4.79 Å². The zero-order valence-electron chi connectivity index (χ0n) is 13.1. The molecule has 0 saturated carbocycles. The van der Waals surface area contributed by atoms with Crippen LogP contribution in [0.1, 0.15) is 25.5 Å². The molecule has 0 aliphatic heterocycles. The molecule has 122 valence electrons. The van der Waals surface area contributed by atoms with Crippen LogP contribution < -0.4 is 10.6 Å². The first-order chi connectivity index (χ1) is 11.0. The Labute approximate surface area is 146 Å². The highest BCUT2D eigenvalue weighted by molar-refractivity contribution is 6.36. The molecule has 0 aliphatic rings. The topological polar surface area (TPSA) is 58.6 Å². The molecule has 1 amide bonds. The van der Waals surface area contributed by atoms with Crippen molar-refractivity contribution in [3.63, 3.8) is 0 Å². The molecule has 2 rings (SSSR count). The van der Waals surface area contributed by atoms with Crippen molar-refractivity contribution in [1.29, 1.82) is 0 Å². The lowest BCUT2D eigenvalue weighted by atomic mass is 9.96. The summed E-state index contributed by atoms with van der Waals surface area (Å²) >= 11 is 11.8. The molecule has 23 heavy (non-hydrogen) atoms. The molecule has 1 heterocycles. The molecule has 0 fully saturated rings. The van der Waals surface area contributed by atoms with E-state index in [-0.39, 0.29) is 11.9 Å². The lowest BCUT2D eigenvalue weighted by Crippen LogP contribution is -2.88. The maximum Gasteiger partial charge on any atom is 0.280 e. The summed E-state index contributed by atoms with van der Waals surface area (Å²) < 4.78 is 0. The van der Waals surface area contributed by atoms with Crippen molar-refractivity contribution in [1.82, 2.24) is 4.98 Å². The Balaban J connectivity index is 1.97. The van der Waals surface area contributed by atoms with Crippen LogP contribution in [0.15, 0.2) is 42.6 Å². The minimum Gasteiger partial charge on any atom is -0.332 e. The lowest BCUT2D eigenvalue weighted by Gasteiger charge is -2.19. The highest BCUT2D eigenvalue weighted by atomic mass is 35.5. The van der Waals surface area contributed by atoms with Gasteiger partial charge in [-0.1, -0.05) is 67.4 Å². The van der Waals surface area contributed by atoms with Crippen molar-refractivity contribution in [2.75, 3.05) is 11.9 Å². The van der Waals surface area contributed by atoms with Crippen LogP contribution in [0.25, 0.3) is 0 Å². The number of nitrogens with one attached hydrogen (secondary N) is 1. The number of carbonyl (C=O) groups excluding carboxylic acids is 1. The summed E-state index contributed by atoms with van der Waals surface area (Å²) in [5, 5.41) is 5.50. The molecule has 6 heteroatoms. The molecule has 0 radical (unpaired) electrons. The largest absolute Gasteiger partial charge is 0.332 e. The number of rotatable bonds is 6. The molecular formula is C17H20Cl2N3O+. The summed E-state index contributed by atoms with van der Waals surface area (Å²) in [6.45, 7) is 4.58. The van der Waals surface area contributed by atoms with Crippen LogP contribution in [0.2, 0.25) is 10.0 Å². The van der Waals surface area contributed by atoms with E-state index in [2.05, 4.69) is 36.3 Å². The predicted octanol–water partition coefficient (Wildman–Crippen LogP) is 3.29. The maximum atomic E-state index is 12.1. The van der Waals surface area contributed by atoms with Crippen molar-refractivity contribution < 1.29 is 10.1 Å². The summed E-state index contributed by atoms with van der Waals surface area (Å²) in [6.07, 6.45) is 1.45. The van der Waals surface area contributed by atoms with E-state index >= 15 is 0 Å². The zero-order chi connectivity index (χ0) is 16.8. The standard InChI is InChI=1S/C17H19Cl2N3O/c1-11(2)16(12-6-4-3-5-7-12)20-10-15(23)22-17-14(19)8-13(18)9-21-17/h3-9,11,16,20H,10H2,1-2H3,(H,21,22,23)/p+1/t16-/m0/s1. The predicted molar refractivity (Wildman–Crippen MR) is 93.7 cm³/mol. The Kier molecular flexibility index (Phi) is 6.39. The highest BCUT2D eigenvalue weighted by Crippen LogP contribution is 2.22. The third-order valence-electron chi connectivity index (χ3n) is 3.53. The number of benzene rings is 1. The van der Waals surface area contributed by atoms with Crippen LogP contribution in [0.3, 0.4) is 0 Å². The Morgan fingerprint density at radius 3 is 2.57 bits per heavy atom. The molecule has 3 N–H and O–H groups in total. The molecule has 1 aromatic heterocycles. The molecule has 1 atom stereocenters. The molecule has 4 nitrogen and oxygen atoms in total. The van der Waals surface area contributed by atoms with Gasteiger partial charge in [-0.25, -0.2) is 4.98 Å². The Morgan fingerprint density at radius 1 is 1.26 bits per heavy atom. The quantitative estimate of drug-likeness (QED) is 0.837. The number of amides is 1. The highest BCUT2D eigenvalue weighted by Gasteiger charge is 2.20. The van der Waals surface area contributed by atoms with E-state index in [0.717, 1.165) is 0 Å².